The lowest BCUT2D eigenvalue weighted by molar-refractivity contribution is 0.201. The van der Waals surface area contributed by atoms with E-state index in [1.165, 1.54) is 6.07 Å². The molecule has 2 rings (SSSR count). The van der Waals surface area contributed by atoms with Crippen molar-refractivity contribution in [3.8, 4) is 0 Å². The monoisotopic (exact) mass is 242 g/mol. The molecule has 0 radical (unpaired) electrons. The van der Waals surface area contributed by atoms with Crippen LogP contribution in [-0.4, -0.2) is 24.0 Å². The van der Waals surface area contributed by atoms with E-state index in [0.717, 1.165) is 38.0 Å². The van der Waals surface area contributed by atoms with Gasteiger partial charge in [0, 0.05) is 19.1 Å². The molecule has 1 aromatic rings. The van der Waals surface area contributed by atoms with Gasteiger partial charge in [-0.15, -0.1) is 0 Å². The van der Waals surface area contributed by atoms with E-state index < -0.39 is 0 Å². The van der Waals surface area contributed by atoms with Crippen molar-refractivity contribution < 1.29 is 4.39 Å². The third-order valence-corrected chi connectivity index (χ3v) is 3.22. The third kappa shape index (κ3) is 2.94. The first kappa shape index (κ1) is 11.8. The summed E-state index contributed by atoms with van der Waals surface area (Å²) in [4.78, 5) is 2.29. The molecule has 0 unspecified atom stereocenters. The van der Waals surface area contributed by atoms with Gasteiger partial charge in [0.2, 0.25) is 0 Å². The zero-order valence-electron chi connectivity index (χ0n) is 9.13. The highest BCUT2D eigenvalue weighted by Gasteiger charge is 2.16. The number of nitrogens with zero attached hydrogens (tertiary/aromatic N) is 1. The summed E-state index contributed by atoms with van der Waals surface area (Å²) in [6.45, 7) is 2.77. The molecule has 2 N–H and O–H groups in total. The first-order valence-corrected chi connectivity index (χ1v) is 5.95. The summed E-state index contributed by atoms with van der Waals surface area (Å²) in [7, 11) is 0. The Morgan fingerprint density at radius 2 is 2.31 bits per heavy atom. The lowest BCUT2D eigenvalue weighted by Crippen LogP contribution is -2.42. The number of benzene rings is 1. The van der Waals surface area contributed by atoms with Crippen LogP contribution < -0.4 is 5.73 Å². The summed E-state index contributed by atoms with van der Waals surface area (Å²) in [6, 6.07) is 5.16. The largest absolute Gasteiger partial charge is 0.327 e. The maximum Gasteiger partial charge on any atom is 0.141 e. The minimum Gasteiger partial charge on any atom is -0.327 e. The summed E-state index contributed by atoms with van der Waals surface area (Å²) in [6.07, 6.45) is 2.23. The van der Waals surface area contributed by atoms with Gasteiger partial charge in [-0.25, -0.2) is 4.39 Å². The van der Waals surface area contributed by atoms with Gasteiger partial charge in [-0.1, -0.05) is 17.7 Å². The molecular weight excluding hydrogens is 227 g/mol. The topological polar surface area (TPSA) is 29.3 Å². The van der Waals surface area contributed by atoms with E-state index in [4.69, 9.17) is 17.3 Å². The minimum atomic E-state index is -0.360. The fourth-order valence-corrected chi connectivity index (χ4v) is 2.33. The van der Waals surface area contributed by atoms with E-state index in [2.05, 4.69) is 4.90 Å². The molecule has 2 nitrogen and oxygen atoms in total. The predicted octanol–water partition coefficient (Wildman–Crippen LogP) is 2.40. The quantitative estimate of drug-likeness (QED) is 0.863. The Labute approximate surface area is 100 Å². The van der Waals surface area contributed by atoms with Crippen LogP contribution in [0.15, 0.2) is 18.2 Å². The fraction of sp³-hybridized carbons (Fsp3) is 0.500. The standard InChI is InChI=1S/C12H16ClFN2/c13-11-6-9(3-4-12(11)14)7-16-5-1-2-10(15)8-16/h3-4,6,10H,1-2,5,7-8,15H2/t10-/m1/s1. The molecule has 0 spiro atoms. The summed E-state index contributed by atoms with van der Waals surface area (Å²) >= 11 is 5.74. The fourth-order valence-electron chi connectivity index (χ4n) is 2.13. The van der Waals surface area contributed by atoms with Crippen LogP contribution in [0.25, 0.3) is 0 Å². The molecule has 0 aromatic heterocycles. The number of likely N-dealkylation sites (tertiary alicyclic amines) is 1. The lowest BCUT2D eigenvalue weighted by Gasteiger charge is -2.30. The van der Waals surface area contributed by atoms with Crippen LogP contribution in [0.4, 0.5) is 4.39 Å². The number of hydrogen-bond donors (Lipinski definition) is 1. The normalized spacial score (nSPS) is 22.3. The predicted molar refractivity (Wildman–Crippen MR) is 63.9 cm³/mol. The van der Waals surface area contributed by atoms with E-state index >= 15 is 0 Å². The van der Waals surface area contributed by atoms with Gasteiger partial charge in [-0.3, -0.25) is 4.90 Å². The molecule has 0 amide bonds. The Hall–Kier alpha value is -0.640. The third-order valence-electron chi connectivity index (χ3n) is 2.93. The van der Waals surface area contributed by atoms with Gasteiger partial charge < -0.3 is 5.73 Å². The first-order chi connectivity index (χ1) is 7.65. The zero-order chi connectivity index (χ0) is 11.5. The van der Waals surface area contributed by atoms with Crippen LogP contribution in [0.1, 0.15) is 18.4 Å². The highest BCUT2D eigenvalue weighted by molar-refractivity contribution is 6.30. The van der Waals surface area contributed by atoms with E-state index in [0.29, 0.717) is 0 Å². The molecule has 88 valence electrons. The molecule has 0 aliphatic carbocycles. The first-order valence-electron chi connectivity index (χ1n) is 5.57. The minimum absolute atomic E-state index is 0.193. The molecule has 1 atom stereocenters. The van der Waals surface area contributed by atoms with Gasteiger partial charge >= 0.3 is 0 Å². The van der Waals surface area contributed by atoms with Gasteiger partial charge in [-0.2, -0.15) is 0 Å². The maximum absolute atomic E-state index is 13.0. The Morgan fingerprint density at radius 1 is 1.50 bits per heavy atom. The molecule has 0 saturated carbocycles. The maximum atomic E-state index is 13.0. The summed E-state index contributed by atoms with van der Waals surface area (Å²) < 4.78 is 13.0. The Kier molecular flexibility index (Phi) is 3.79. The molecule has 4 heteroatoms. The van der Waals surface area contributed by atoms with Crippen molar-refractivity contribution in [2.45, 2.75) is 25.4 Å². The summed E-state index contributed by atoms with van der Waals surface area (Å²) in [5.41, 5.74) is 6.95. The SMILES string of the molecule is N[C@@H]1CCCN(Cc2ccc(F)c(Cl)c2)C1. The number of rotatable bonds is 2. The average Bonchev–Trinajstić information content (AvgIpc) is 2.24. The van der Waals surface area contributed by atoms with Crippen molar-refractivity contribution in [3.05, 3.63) is 34.6 Å². The number of halogens is 2. The van der Waals surface area contributed by atoms with E-state index in [-0.39, 0.29) is 16.9 Å². The second kappa shape index (κ2) is 5.13. The van der Waals surface area contributed by atoms with Crippen molar-refractivity contribution >= 4 is 11.6 Å². The molecule has 1 fully saturated rings. The van der Waals surface area contributed by atoms with Crippen LogP contribution >= 0.6 is 11.6 Å². The molecule has 0 bridgehead atoms. The average molecular weight is 243 g/mol. The Morgan fingerprint density at radius 3 is 3.00 bits per heavy atom. The number of hydrogen-bond acceptors (Lipinski definition) is 2. The van der Waals surface area contributed by atoms with Gasteiger partial charge in [0.05, 0.1) is 5.02 Å². The Bertz CT molecular complexity index is 370. The number of piperidine rings is 1. The summed E-state index contributed by atoms with van der Waals surface area (Å²) in [5.74, 6) is -0.360. The van der Waals surface area contributed by atoms with Gasteiger partial charge in [-0.05, 0) is 37.1 Å². The molecular formula is C12H16ClFN2. The van der Waals surface area contributed by atoms with Gasteiger partial charge in [0.1, 0.15) is 5.82 Å². The van der Waals surface area contributed by atoms with E-state index in [9.17, 15) is 4.39 Å². The second-order valence-corrected chi connectivity index (χ2v) is 4.79. The molecule has 1 aromatic carbocycles. The van der Waals surface area contributed by atoms with Crippen molar-refractivity contribution in [2.24, 2.45) is 5.73 Å². The van der Waals surface area contributed by atoms with Crippen LogP contribution in [0, 0.1) is 5.82 Å². The zero-order valence-corrected chi connectivity index (χ0v) is 9.88. The molecule has 1 heterocycles. The Balaban J connectivity index is 2.00. The van der Waals surface area contributed by atoms with Crippen molar-refractivity contribution in [1.29, 1.82) is 0 Å². The van der Waals surface area contributed by atoms with Crippen molar-refractivity contribution in [2.75, 3.05) is 13.1 Å². The smallest absolute Gasteiger partial charge is 0.141 e. The molecule has 1 saturated heterocycles. The molecule has 16 heavy (non-hydrogen) atoms. The van der Waals surface area contributed by atoms with E-state index in [1.54, 1.807) is 12.1 Å². The van der Waals surface area contributed by atoms with Crippen LogP contribution in [0.3, 0.4) is 0 Å². The molecule has 1 aliphatic rings. The van der Waals surface area contributed by atoms with Crippen molar-refractivity contribution in [1.82, 2.24) is 4.90 Å². The summed E-state index contributed by atoms with van der Waals surface area (Å²) in [5, 5.41) is 0.193. The second-order valence-electron chi connectivity index (χ2n) is 4.39. The van der Waals surface area contributed by atoms with Gasteiger partial charge in [0.25, 0.3) is 0 Å². The van der Waals surface area contributed by atoms with Crippen molar-refractivity contribution in [3.63, 3.8) is 0 Å². The van der Waals surface area contributed by atoms with Crippen LogP contribution in [0.5, 0.6) is 0 Å². The highest BCUT2D eigenvalue weighted by atomic mass is 35.5. The number of nitrogens with two attached hydrogens (primary N) is 1. The lowest BCUT2D eigenvalue weighted by atomic mass is 10.1. The van der Waals surface area contributed by atoms with Gasteiger partial charge in [0.15, 0.2) is 0 Å². The van der Waals surface area contributed by atoms with Crippen LogP contribution in [-0.2, 0) is 6.54 Å². The molecule has 1 aliphatic heterocycles. The van der Waals surface area contributed by atoms with E-state index in [1.807, 2.05) is 0 Å². The highest BCUT2D eigenvalue weighted by Crippen LogP contribution is 2.18. The van der Waals surface area contributed by atoms with Crippen LogP contribution in [0.2, 0.25) is 5.02 Å².